The maximum atomic E-state index is 12.0. The van der Waals surface area contributed by atoms with Crippen LogP contribution in [0.5, 0.6) is 0 Å². The Bertz CT molecular complexity index is 473. The molecule has 0 spiro atoms. The molecule has 1 rings (SSSR count). The molecule has 0 radical (unpaired) electrons. The Morgan fingerprint density at radius 1 is 1.43 bits per heavy atom. The number of hydrogen-bond donors (Lipinski definition) is 2. The first-order valence-corrected chi connectivity index (χ1v) is 8.20. The van der Waals surface area contributed by atoms with Gasteiger partial charge < -0.3 is 15.2 Å². The fraction of sp³-hybridized carbons (Fsp3) is 0.562. The van der Waals surface area contributed by atoms with Gasteiger partial charge in [-0.05, 0) is 24.3 Å². The van der Waals surface area contributed by atoms with E-state index in [0.717, 1.165) is 31.4 Å². The lowest BCUT2D eigenvalue weighted by Gasteiger charge is -2.05. The van der Waals surface area contributed by atoms with Crippen molar-refractivity contribution >= 4 is 17.2 Å². The van der Waals surface area contributed by atoms with Crippen molar-refractivity contribution in [1.29, 1.82) is 0 Å². The summed E-state index contributed by atoms with van der Waals surface area (Å²) in [7, 11) is 0. The van der Waals surface area contributed by atoms with Crippen LogP contribution in [0.15, 0.2) is 11.4 Å². The van der Waals surface area contributed by atoms with E-state index >= 15 is 0 Å². The van der Waals surface area contributed by atoms with Gasteiger partial charge in [0.25, 0.3) is 5.91 Å². The van der Waals surface area contributed by atoms with Gasteiger partial charge >= 0.3 is 0 Å². The number of hydrogen-bond acceptors (Lipinski definition) is 4. The van der Waals surface area contributed by atoms with Gasteiger partial charge in [-0.2, -0.15) is 0 Å². The highest BCUT2D eigenvalue weighted by Crippen LogP contribution is 2.15. The van der Waals surface area contributed by atoms with Crippen molar-refractivity contribution in [2.75, 3.05) is 26.4 Å². The van der Waals surface area contributed by atoms with Crippen LogP contribution in [-0.2, 0) is 4.74 Å². The number of ether oxygens (including phenoxy) is 1. The van der Waals surface area contributed by atoms with Crippen LogP contribution in [0.2, 0.25) is 0 Å². The monoisotopic (exact) mass is 309 g/mol. The highest BCUT2D eigenvalue weighted by molar-refractivity contribution is 7.12. The molecule has 4 nitrogen and oxygen atoms in total. The van der Waals surface area contributed by atoms with Crippen molar-refractivity contribution in [1.82, 2.24) is 5.32 Å². The van der Waals surface area contributed by atoms with Crippen molar-refractivity contribution in [3.63, 3.8) is 0 Å². The van der Waals surface area contributed by atoms with Crippen LogP contribution in [0.25, 0.3) is 0 Å². The molecule has 0 aliphatic carbocycles. The SMILES string of the molecule is CCCCOCCCNC(=O)c1sccc1C#CCCO. The predicted molar refractivity (Wildman–Crippen MR) is 85.6 cm³/mol. The average molecular weight is 309 g/mol. The molecule has 1 aromatic rings. The van der Waals surface area contributed by atoms with E-state index in [1.54, 1.807) is 0 Å². The molecule has 0 atom stereocenters. The number of rotatable bonds is 9. The first kappa shape index (κ1) is 17.7. The minimum atomic E-state index is -0.0909. The Labute approximate surface area is 130 Å². The molecule has 1 aromatic heterocycles. The van der Waals surface area contributed by atoms with Gasteiger partial charge in [0.2, 0.25) is 0 Å². The van der Waals surface area contributed by atoms with E-state index in [0.29, 0.717) is 24.4 Å². The molecule has 0 saturated carbocycles. The summed E-state index contributed by atoms with van der Waals surface area (Å²) in [5.74, 6) is 5.66. The van der Waals surface area contributed by atoms with E-state index in [9.17, 15) is 4.79 Å². The zero-order valence-electron chi connectivity index (χ0n) is 12.5. The van der Waals surface area contributed by atoms with E-state index < -0.39 is 0 Å². The largest absolute Gasteiger partial charge is 0.395 e. The Hall–Kier alpha value is -1.35. The van der Waals surface area contributed by atoms with Gasteiger partial charge in [-0.25, -0.2) is 0 Å². The van der Waals surface area contributed by atoms with Crippen molar-refractivity contribution < 1.29 is 14.6 Å². The van der Waals surface area contributed by atoms with E-state index in [-0.39, 0.29) is 12.5 Å². The number of nitrogens with one attached hydrogen (secondary N) is 1. The molecule has 0 unspecified atom stereocenters. The molecular weight excluding hydrogens is 286 g/mol. The molecule has 0 aliphatic heterocycles. The number of amides is 1. The molecule has 1 amide bonds. The third-order valence-corrected chi connectivity index (χ3v) is 3.64. The summed E-state index contributed by atoms with van der Waals surface area (Å²) in [5.41, 5.74) is 0.727. The molecule has 5 heteroatoms. The van der Waals surface area contributed by atoms with Crippen LogP contribution < -0.4 is 5.32 Å². The Morgan fingerprint density at radius 2 is 2.24 bits per heavy atom. The molecule has 0 aromatic carbocycles. The van der Waals surface area contributed by atoms with Crippen molar-refractivity contribution in [3.8, 4) is 11.8 Å². The van der Waals surface area contributed by atoms with Crippen LogP contribution in [0.3, 0.4) is 0 Å². The summed E-state index contributed by atoms with van der Waals surface area (Å²) in [6, 6.07) is 1.83. The first-order valence-electron chi connectivity index (χ1n) is 7.32. The first-order chi connectivity index (χ1) is 10.3. The van der Waals surface area contributed by atoms with Crippen LogP contribution in [-0.4, -0.2) is 37.4 Å². The Balaban J connectivity index is 2.30. The van der Waals surface area contributed by atoms with E-state index in [1.165, 1.54) is 11.3 Å². The Morgan fingerprint density at radius 3 is 3.00 bits per heavy atom. The molecule has 0 saturated heterocycles. The second kappa shape index (κ2) is 11.3. The number of carbonyl (C=O) groups excluding carboxylic acids is 1. The van der Waals surface area contributed by atoms with Crippen LogP contribution in [0, 0.1) is 11.8 Å². The summed E-state index contributed by atoms with van der Waals surface area (Å²) in [5, 5.41) is 13.4. The summed E-state index contributed by atoms with van der Waals surface area (Å²) < 4.78 is 5.44. The fourth-order valence-corrected chi connectivity index (χ4v) is 2.37. The average Bonchev–Trinajstić information content (AvgIpc) is 2.95. The van der Waals surface area contributed by atoms with E-state index in [4.69, 9.17) is 9.84 Å². The zero-order valence-corrected chi connectivity index (χ0v) is 13.3. The second-order valence-corrected chi connectivity index (χ2v) is 5.43. The lowest BCUT2D eigenvalue weighted by molar-refractivity contribution is 0.0944. The minimum absolute atomic E-state index is 0.0384. The minimum Gasteiger partial charge on any atom is -0.395 e. The van der Waals surface area contributed by atoms with E-state index in [2.05, 4.69) is 24.1 Å². The number of thiophene rings is 1. The summed E-state index contributed by atoms with van der Waals surface area (Å²) in [4.78, 5) is 12.7. The van der Waals surface area contributed by atoms with Gasteiger partial charge in [-0.1, -0.05) is 25.2 Å². The standard InChI is InChI=1S/C16H23NO3S/c1-2-3-11-20-12-6-9-17-16(19)15-14(8-13-21-15)7-4-5-10-18/h8,13,18H,2-3,5-6,9-12H2,1H3,(H,17,19). The molecule has 21 heavy (non-hydrogen) atoms. The predicted octanol–water partition coefficient (Wildman–Crippen LogP) is 2.42. The van der Waals surface area contributed by atoms with Gasteiger partial charge in [0.1, 0.15) is 4.88 Å². The number of carbonyl (C=O) groups is 1. The molecule has 1 heterocycles. The van der Waals surface area contributed by atoms with Gasteiger partial charge in [0, 0.05) is 31.7 Å². The quantitative estimate of drug-likeness (QED) is 0.544. The van der Waals surface area contributed by atoms with Crippen molar-refractivity contribution in [2.45, 2.75) is 32.6 Å². The fourth-order valence-electron chi connectivity index (χ4n) is 1.60. The smallest absolute Gasteiger partial charge is 0.262 e. The second-order valence-electron chi connectivity index (χ2n) is 4.51. The van der Waals surface area contributed by atoms with Crippen LogP contribution in [0.1, 0.15) is 47.8 Å². The Kier molecular flexibility index (Phi) is 9.55. The third-order valence-electron chi connectivity index (χ3n) is 2.72. The number of unbranched alkanes of at least 4 members (excludes halogenated alkanes) is 1. The summed E-state index contributed by atoms with van der Waals surface area (Å²) in [6.07, 6.45) is 3.45. The lowest BCUT2D eigenvalue weighted by Crippen LogP contribution is -2.25. The topological polar surface area (TPSA) is 58.6 Å². The van der Waals surface area contributed by atoms with Gasteiger partial charge in [0.15, 0.2) is 0 Å². The highest BCUT2D eigenvalue weighted by Gasteiger charge is 2.10. The zero-order chi connectivity index (χ0) is 15.3. The molecule has 2 N–H and O–H groups in total. The van der Waals surface area contributed by atoms with Crippen molar-refractivity contribution in [2.24, 2.45) is 0 Å². The highest BCUT2D eigenvalue weighted by atomic mass is 32.1. The lowest BCUT2D eigenvalue weighted by atomic mass is 10.2. The summed E-state index contributed by atoms with van der Waals surface area (Å²) >= 11 is 1.38. The van der Waals surface area contributed by atoms with Crippen LogP contribution in [0.4, 0.5) is 0 Å². The maximum absolute atomic E-state index is 12.0. The van der Waals surface area contributed by atoms with Gasteiger partial charge in [0.05, 0.1) is 6.61 Å². The maximum Gasteiger partial charge on any atom is 0.262 e. The number of aliphatic hydroxyl groups is 1. The molecule has 0 bridgehead atoms. The third kappa shape index (κ3) is 7.28. The molecular formula is C16H23NO3S. The van der Waals surface area contributed by atoms with Crippen LogP contribution >= 0.6 is 11.3 Å². The van der Waals surface area contributed by atoms with Gasteiger partial charge in [-0.15, -0.1) is 11.3 Å². The van der Waals surface area contributed by atoms with Gasteiger partial charge in [-0.3, -0.25) is 4.79 Å². The summed E-state index contributed by atoms with van der Waals surface area (Å²) in [6.45, 7) is 4.24. The molecule has 0 fully saturated rings. The van der Waals surface area contributed by atoms with Crippen molar-refractivity contribution in [3.05, 3.63) is 21.9 Å². The normalized spacial score (nSPS) is 10.0. The van der Waals surface area contributed by atoms with E-state index in [1.807, 2.05) is 11.4 Å². The molecule has 0 aliphatic rings. The number of aliphatic hydroxyl groups excluding tert-OH is 1. The molecule has 116 valence electrons.